The number of aryl methyl sites for hydroxylation is 1. The van der Waals surface area contributed by atoms with Crippen LogP contribution in [0.15, 0.2) is 42.5 Å². The van der Waals surface area contributed by atoms with Crippen molar-refractivity contribution in [2.24, 2.45) is 0 Å². The number of hydrogen-bond acceptors (Lipinski definition) is 2. The average Bonchev–Trinajstić information content (AvgIpc) is 2.42. The van der Waals surface area contributed by atoms with Crippen molar-refractivity contribution in [1.29, 1.82) is 0 Å². The van der Waals surface area contributed by atoms with E-state index >= 15 is 0 Å². The summed E-state index contributed by atoms with van der Waals surface area (Å²) in [4.78, 5) is 4.38. The van der Waals surface area contributed by atoms with Gasteiger partial charge in [0.25, 0.3) is 0 Å². The maximum atomic E-state index is 13.9. The third kappa shape index (κ3) is 2.09. The molecule has 20 heavy (non-hydrogen) atoms. The Bertz CT molecular complexity index is 813. The summed E-state index contributed by atoms with van der Waals surface area (Å²) >= 11 is 0. The summed E-state index contributed by atoms with van der Waals surface area (Å²) in [5.74, 6) is -1.16. The summed E-state index contributed by atoms with van der Waals surface area (Å²) in [5.41, 5.74) is 7.69. The Kier molecular flexibility index (Phi) is 2.86. The van der Waals surface area contributed by atoms with Crippen LogP contribution in [-0.4, -0.2) is 4.98 Å². The minimum atomic E-state index is -0.622. The van der Waals surface area contributed by atoms with Crippen LogP contribution >= 0.6 is 0 Å². The van der Waals surface area contributed by atoms with Crippen LogP contribution in [0.5, 0.6) is 0 Å². The summed E-state index contributed by atoms with van der Waals surface area (Å²) in [7, 11) is 0. The van der Waals surface area contributed by atoms with Crippen molar-refractivity contribution in [3.05, 3.63) is 59.8 Å². The van der Waals surface area contributed by atoms with Gasteiger partial charge in [-0.3, -0.25) is 4.98 Å². The second kappa shape index (κ2) is 4.56. The molecule has 0 radical (unpaired) electrons. The molecule has 2 nitrogen and oxygen atoms in total. The molecule has 2 N–H and O–H groups in total. The van der Waals surface area contributed by atoms with Crippen LogP contribution < -0.4 is 5.73 Å². The second-order valence-electron chi connectivity index (χ2n) is 4.71. The fourth-order valence-electron chi connectivity index (χ4n) is 2.18. The monoisotopic (exact) mass is 270 g/mol. The highest BCUT2D eigenvalue weighted by Gasteiger charge is 2.10. The molecule has 2 aromatic carbocycles. The number of nitrogens with zero attached hydrogens (tertiary/aromatic N) is 1. The Hall–Kier alpha value is -2.49. The van der Waals surface area contributed by atoms with Crippen molar-refractivity contribution in [1.82, 2.24) is 4.98 Å². The lowest BCUT2D eigenvalue weighted by atomic mass is 10.0. The van der Waals surface area contributed by atoms with Crippen molar-refractivity contribution in [3.8, 4) is 11.1 Å². The summed E-state index contributed by atoms with van der Waals surface area (Å²) in [6.07, 6.45) is 0. The molecule has 0 unspecified atom stereocenters. The van der Waals surface area contributed by atoms with Crippen LogP contribution in [0.3, 0.4) is 0 Å². The van der Waals surface area contributed by atoms with Crippen LogP contribution in [0.1, 0.15) is 5.69 Å². The Morgan fingerprint density at radius 3 is 2.55 bits per heavy atom. The Labute approximate surface area is 114 Å². The Morgan fingerprint density at radius 2 is 1.75 bits per heavy atom. The molecule has 100 valence electrons. The molecule has 3 aromatic rings. The number of aromatic nitrogens is 1. The number of hydrogen-bond donors (Lipinski definition) is 1. The maximum absolute atomic E-state index is 13.9. The molecule has 0 saturated heterocycles. The maximum Gasteiger partial charge on any atom is 0.146 e. The van der Waals surface area contributed by atoms with Gasteiger partial charge in [-0.05, 0) is 36.8 Å². The van der Waals surface area contributed by atoms with Gasteiger partial charge in [0.15, 0.2) is 0 Å². The first-order valence-corrected chi connectivity index (χ1v) is 6.17. The third-order valence-corrected chi connectivity index (χ3v) is 3.23. The van der Waals surface area contributed by atoms with Crippen LogP contribution in [0, 0.1) is 18.6 Å². The smallest absolute Gasteiger partial charge is 0.146 e. The average molecular weight is 270 g/mol. The number of rotatable bonds is 1. The molecule has 0 fully saturated rings. The predicted octanol–water partition coefficient (Wildman–Crippen LogP) is 4.07. The van der Waals surface area contributed by atoms with Crippen LogP contribution in [-0.2, 0) is 0 Å². The molecule has 0 spiro atoms. The van der Waals surface area contributed by atoms with Crippen molar-refractivity contribution in [3.63, 3.8) is 0 Å². The van der Waals surface area contributed by atoms with Crippen LogP contribution in [0.4, 0.5) is 14.5 Å². The van der Waals surface area contributed by atoms with Crippen molar-refractivity contribution in [2.45, 2.75) is 6.92 Å². The number of nitrogen functional groups attached to an aromatic ring is 1. The SMILES string of the molecule is Cc1ccc2cc(-c3cc(F)c(N)cc3F)ccc2n1. The van der Waals surface area contributed by atoms with Crippen molar-refractivity contribution in [2.75, 3.05) is 5.73 Å². The normalized spacial score (nSPS) is 10.9. The van der Waals surface area contributed by atoms with E-state index in [0.29, 0.717) is 5.56 Å². The first-order chi connectivity index (χ1) is 9.54. The summed E-state index contributed by atoms with van der Waals surface area (Å²) < 4.78 is 27.4. The zero-order chi connectivity index (χ0) is 14.3. The van der Waals surface area contributed by atoms with E-state index in [1.807, 2.05) is 19.1 Å². The van der Waals surface area contributed by atoms with Crippen molar-refractivity contribution >= 4 is 16.6 Å². The third-order valence-electron chi connectivity index (χ3n) is 3.23. The predicted molar refractivity (Wildman–Crippen MR) is 76.2 cm³/mol. The standard InChI is InChI=1S/C16H12F2N2/c1-9-2-3-11-6-10(4-5-16(11)20-9)12-7-14(18)15(19)8-13(12)17/h2-8H,19H2,1H3. The fraction of sp³-hybridized carbons (Fsp3) is 0.0625. The van der Waals surface area contributed by atoms with E-state index < -0.39 is 11.6 Å². The van der Waals surface area contributed by atoms with Gasteiger partial charge in [0.05, 0.1) is 11.2 Å². The molecule has 4 heteroatoms. The van der Waals surface area contributed by atoms with Crippen molar-refractivity contribution < 1.29 is 8.78 Å². The van der Waals surface area contributed by atoms with E-state index in [0.717, 1.165) is 28.7 Å². The number of halogens is 2. The van der Waals surface area contributed by atoms with Crippen LogP contribution in [0.2, 0.25) is 0 Å². The molecule has 1 heterocycles. The molecule has 0 bridgehead atoms. The quantitative estimate of drug-likeness (QED) is 0.677. The lowest BCUT2D eigenvalue weighted by Gasteiger charge is -2.07. The topological polar surface area (TPSA) is 38.9 Å². The molecule has 0 aliphatic rings. The number of pyridine rings is 1. The fourth-order valence-corrected chi connectivity index (χ4v) is 2.18. The molecule has 3 rings (SSSR count). The van der Waals surface area contributed by atoms with Gasteiger partial charge >= 0.3 is 0 Å². The van der Waals surface area contributed by atoms with E-state index in [-0.39, 0.29) is 11.3 Å². The number of benzene rings is 2. The van der Waals surface area contributed by atoms with Gasteiger partial charge in [0.2, 0.25) is 0 Å². The summed E-state index contributed by atoms with van der Waals surface area (Å²) in [5, 5.41) is 0.879. The Morgan fingerprint density at radius 1 is 0.950 bits per heavy atom. The molecule has 0 aliphatic heterocycles. The summed E-state index contributed by atoms with van der Waals surface area (Å²) in [6.45, 7) is 1.91. The summed E-state index contributed by atoms with van der Waals surface area (Å²) in [6, 6.07) is 11.2. The van der Waals surface area contributed by atoms with E-state index in [1.54, 1.807) is 18.2 Å². The number of anilines is 1. The van der Waals surface area contributed by atoms with E-state index in [1.165, 1.54) is 0 Å². The lowest BCUT2D eigenvalue weighted by molar-refractivity contribution is 0.607. The first kappa shape index (κ1) is 12.5. The molecule has 1 aromatic heterocycles. The largest absolute Gasteiger partial charge is 0.396 e. The minimum Gasteiger partial charge on any atom is -0.396 e. The molecule has 0 atom stereocenters. The van der Waals surface area contributed by atoms with Gasteiger partial charge < -0.3 is 5.73 Å². The lowest BCUT2D eigenvalue weighted by Crippen LogP contribution is -1.94. The second-order valence-corrected chi connectivity index (χ2v) is 4.71. The zero-order valence-corrected chi connectivity index (χ0v) is 10.8. The van der Waals surface area contributed by atoms with Gasteiger partial charge in [-0.2, -0.15) is 0 Å². The van der Waals surface area contributed by atoms with Gasteiger partial charge in [-0.15, -0.1) is 0 Å². The first-order valence-electron chi connectivity index (χ1n) is 6.17. The molecular formula is C16H12F2N2. The zero-order valence-electron chi connectivity index (χ0n) is 10.8. The molecular weight excluding hydrogens is 258 g/mol. The molecule has 0 amide bonds. The number of nitrogens with two attached hydrogens (primary N) is 1. The van der Waals surface area contributed by atoms with Gasteiger partial charge in [-0.25, -0.2) is 8.78 Å². The molecule has 0 saturated carbocycles. The number of fused-ring (bicyclic) bond motifs is 1. The highest BCUT2D eigenvalue weighted by atomic mass is 19.1. The van der Waals surface area contributed by atoms with E-state index in [4.69, 9.17) is 5.73 Å². The van der Waals surface area contributed by atoms with Gasteiger partial charge in [-0.1, -0.05) is 12.1 Å². The Balaban J connectivity index is 2.20. The van der Waals surface area contributed by atoms with E-state index in [2.05, 4.69) is 4.98 Å². The minimum absolute atomic E-state index is 0.190. The highest BCUT2D eigenvalue weighted by Crippen LogP contribution is 2.28. The van der Waals surface area contributed by atoms with Gasteiger partial charge in [0, 0.05) is 22.7 Å². The van der Waals surface area contributed by atoms with Gasteiger partial charge in [0.1, 0.15) is 11.6 Å². The van der Waals surface area contributed by atoms with Crippen LogP contribution in [0.25, 0.3) is 22.0 Å². The molecule has 0 aliphatic carbocycles. The van der Waals surface area contributed by atoms with E-state index in [9.17, 15) is 8.78 Å². The highest BCUT2D eigenvalue weighted by molar-refractivity contribution is 5.84.